The van der Waals surface area contributed by atoms with E-state index < -0.39 is 0 Å². The fourth-order valence-corrected chi connectivity index (χ4v) is 2.64. The lowest BCUT2D eigenvalue weighted by atomic mass is 10.2. The minimum atomic E-state index is 0.232. The van der Waals surface area contributed by atoms with E-state index >= 15 is 0 Å². The molecule has 4 nitrogen and oxygen atoms in total. The van der Waals surface area contributed by atoms with Gasteiger partial charge in [0, 0.05) is 18.7 Å². The molecular formula is C12H14Cl2N4S. The number of fused-ring (bicyclic) bond motifs is 1. The number of nitrogens with zero attached hydrogens (tertiary/aromatic N) is 2. The van der Waals surface area contributed by atoms with Gasteiger partial charge in [0.2, 0.25) is 0 Å². The third-order valence-corrected chi connectivity index (χ3v) is 4.58. The van der Waals surface area contributed by atoms with Crippen LogP contribution in [0.3, 0.4) is 0 Å². The highest BCUT2D eigenvalue weighted by atomic mass is 35.5. The van der Waals surface area contributed by atoms with Crippen LogP contribution in [0.4, 0.5) is 0 Å². The van der Waals surface area contributed by atoms with Crippen molar-refractivity contribution in [3.05, 3.63) is 28.0 Å². The SMILES string of the molecule is CN=C(N)SCC(C)c1nc2cc(Cl)c(Cl)cc2[nH]1. The van der Waals surface area contributed by atoms with E-state index in [1.165, 1.54) is 11.8 Å². The lowest BCUT2D eigenvalue weighted by molar-refractivity contribution is 0.812. The first-order valence-electron chi connectivity index (χ1n) is 5.71. The van der Waals surface area contributed by atoms with Crippen molar-refractivity contribution in [3.63, 3.8) is 0 Å². The molecule has 2 rings (SSSR count). The summed E-state index contributed by atoms with van der Waals surface area (Å²) in [4.78, 5) is 11.7. The first-order valence-corrected chi connectivity index (χ1v) is 7.45. The van der Waals surface area contributed by atoms with Crippen molar-refractivity contribution >= 4 is 51.2 Å². The minimum Gasteiger partial charge on any atom is -0.379 e. The number of amidine groups is 1. The second-order valence-electron chi connectivity index (χ2n) is 4.18. The van der Waals surface area contributed by atoms with E-state index in [4.69, 9.17) is 28.9 Å². The summed E-state index contributed by atoms with van der Waals surface area (Å²) in [6.45, 7) is 2.08. The van der Waals surface area contributed by atoms with Crippen molar-refractivity contribution in [2.45, 2.75) is 12.8 Å². The van der Waals surface area contributed by atoms with Crippen LogP contribution in [0, 0.1) is 0 Å². The number of aliphatic imine (C=N–C) groups is 1. The Bertz CT molecular complexity index is 584. The Balaban J connectivity index is 2.21. The molecule has 0 bridgehead atoms. The topological polar surface area (TPSA) is 67.1 Å². The molecule has 1 unspecified atom stereocenters. The fraction of sp³-hybridized carbons (Fsp3) is 0.333. The van der Waals surface area contributed by atoms with E-state index in [1.54, 1.807) is 19.2 Å². The summed E-state index contributed by atoms with van der Waals surface area (Å²) in [5.74, 6) is 1.93. The van der Waals surface area contributed by atoms with Crippen LogP contribution in [0.15, 0.2) is 17.1 Å². The van der Waals surface area contributed by atoms with Crippen molar-refractivity contribution < 1.29 is 0 Å². The van der Waals surface area contributed by atoms with Gasteiger partial charge in [-0.3, -0.25) is 4.99 Å². The molecule has 0 saturated heterocycles. The Kier molecular flexibility index (Phi) is 4.60. The van der Waals surface area contributed by atoms with Gasteiger partial charge in [0.05, 0.1) is 21.1 Å². The maximum Gasteiger partial charge on any atom is 0.153 e. The Morgan fingerprint density at radius 1 is 1.47 bits per heavy atom. The molecular weight excluding hydrogens is 303 g/mol. The number of H-pyrrole nitrogens is 1. The molecule has 0 amide bonds. The number of benzene rings is 1. The van der Waals surface area contributed by atoms with E-state index in [9.17, 15) is 0 Å². The molecule has 3 N–H and O–H groups in total. The van der Waals surface area contributed by atoms with Gasteiger partial charge in [-0.05, 0) is 12.1 Å². The molecule has 0 fully saturated rings. The van der Waals surface area contributed by atoms with Gasteiger partial charge in [-0.2, -0.15) is 0 Å². The summed E-state index contributed by atoms with van der Waals surface area (Å²) in [5, 5.41) is 1.61. The number of nitrogens with two attached hydrogens (primary N) is 1. The summed E-state index contributed by atoms with van der Waals surface area (Å²) < 4.78 is 0. The summed E-state index contributed by atoms with van der Waals surface area (Å²) in [7, 11) is 1.68. The molecule has 7 heteroatoms. The van der Waals surface area contributed by atoms with Crippen molar-refractivity contribution in [2.75, 3.05) is 12.8 Å². The highest BCUT2D eigenvalue weighted by Gasteiger charge is 2.13. The van der Waals surface area contributed by atoms with Gasteiger partial charge in [0.15, 0.2) is 5.17 Å². The maximum absolute atomic E-state index is 5.98. The van der Waals surface area contributed by atoms with Crippen molar-refractivity contribution in [1.29, 1.82) is 0 Å². The van der Waals surface area contributed by atoms with Gasteiger partial charge in [0.25, 0.3) is 0 Å². The molecule has 1 aromatic heterocycles. The standard InChI is InChI=1S/C12H14Cl2N4S/c1-6(5-19-12(15)16-2)11-17-9-3-7(13)8(14)4-10(9)18-11/h3-4,6H,5H2,1-2H3,(H2,15,16)(H,17,18). The van der Waals surface area contributed by atoms with E-state index in [1.807, 2.05) is 0 Å². The quantitative estimate of drug-likeness (QED) is 0.671. The lowest BCUT2D eigenvalue weighted by Gasteiger charge is -2.06. The molecule has 0 aliphatic carbocycles. The molecule has 0 radical (unpaired) electrons. The van der Waals surface area contributed by atoms with Gasteiger partial charge < -0.3 is 10.7 Å². The fourth-order valence-electron chi connectivity index (χ4n) is 1.61. The average Bonchev–Trinajstić information content (AvgIpc) is 2.79. The van der Waals surface area contributed by atoms with Crippen molar-refractivity contribution in [3.8, 4) is 0 Å². The molecule has 1 heterocycles. The number of hydrogen-bond acceptors (Lipinski definition) is 3. The van der Waals surface area contributed by atoms with E-state index in [2.05, 4.69) is 21.9 Å². The van der Waals surface area contributed by atoms with Crippen molar-refractivity contribution in [2.24, 2.45) is 10.7 Å². The lowest BCUT2D eigenvalue weighted by Crippen LogP contribution is -2.09. The normalized spacial score (nSPS) is 14.0. The number of aromatic nitrogens is 2. The maximum atomic E-state index is 5.98. The number of hydrogen-bond donors (Lipinski definition) is 2. The van der Waals surface area contributed by atoms with Gasteiger partial charge in [-0.15, -0.1) is 0 Å². The molecule has 0 aliphatic rings. The largest absolute Gasteiger partial charge is 0.379 e. The smallest absolute Gasteiger partial charge is 0.153 e. The van der Waals surface area contributed by atoms with Crippen LogP contribution in [-0.4, -0.2) is 27.9 Å². The molecule has 102 valence electrons. The molecule has 0 aliphatic heterocycles. The Hall–Kier alpha value is -0.910. The van der Waals surface area contributed by atoms with Gasteiger partial charge >= 0.3 is 0 Å². The van der Waals surface area contributed by atoms with Crippen LogP contribution in [0.2, 0.25) is 10.0 Å². The van der Waals surface area contributed by atoms with Crippen LogP contribution in [0.25, 0.3) is 11.0 Å². The molecule has 19 heavy (non-hydrogen) atoms. The zero-order valence-electron chi connectivity index (χ0n) is 10.6. The van der Waals surface area contributed by atoms with Crippen molar-refractivity contribution in [1.82, 2.24) is 9.97 Å². The summed E-state index contributed by atoms with van der Waals surface area (Å²) in [5.41, 5.74) is 7.37. The molecule has 0 saturated carbocycles. The van der Waals surface area contributed by atoms with Crippen LogP contribution in [0.1, 0.15) is 18.7 Å². The number of aromatic amines is 1. The molecule has 1 aromatic carbocycles. The predicted octanol–water partition coefficient (Wildman–Crippen LogP) is 3.65. The highest BCUT2D eigenvalue weighted by Crippen LogP contribution is 2.28. The van der Waals surface area contributed by atoms with Crippen LogP contribution < -0.4 is 5.73 Å². The predicted molar refractivity (Wildman–Crippen MR) is 84.5 cm³/mol. The summed E-state index contributed by atoms with van der Waals surface area (Å²) in [6.07, 6.45) is 0. The van der Waals surface area contributed by atoms with E-state index in [0.717, 1.165) is 22.6 Å². The number of halogens is 2. The average molecular weight is 317 g/mol. The Morgan fingerprint density at radius 3 is 2.84 bits per heavy atom. The number of imidazole rings is 1. The zero-order chi connectivity index (χ0) is 14.0. The van der Waals surface area contributed by atoms with Crippen LogP contribution in [-0.2, 0) is 0 Å². The van der Waals surface area contributed by atoms with Crippen LogP contribution >= 0.6 is 35.0 Å². The zero-order valence-corrected chi connectivity index (χ0v) is 12.9. The third-order valence-electron chi connectivity index (χ3n) is 2.71. The third kappa shape index (κ3) is 3.35. The minimum absolute atomic E-state index is 0.232. The second kappa shape index (κ2) is 6.03. The van der Waals surface area contributed by atoms with Gasteiger partial charge in [-0.1, -0.05) is 41.9 Å². The van der Waals surface area contributed by atoms with Gasteiger partial charge in [0.1, 0.15) is 5.82 Å². The van der Waals surface area contributed by atoms with Gasteiger partial charge in [-0.25, -0.2) is 4.98 Å². The monoisotopic (exact) mass is 316 g/mol. The Labute approximate surface area is 125 Å². The molecule has 0 spiro atoms. The first kappa shape index (κ1) is 14.5. The van der Waals surface area contributed by atoms with E-state index in [0.29, 0.717) is 15.2 Å². The summed E-state index contributed by atoms with van der Waals surface area (Å²) >= 11 is 13.5. The molecule has 1 atom stereocenters. The highest BCUT2D eigenvalue weighted by molar-refractivity contribution is 8.13. The Morgan fingerprint density at radius 2 is 2.16 bits per heavy atom. The number of nitrogens with one attached hydrogen (secondary N) is 1. The second-order valence-corrected chi connectivity index (χ2v) is 6.03. The number of thioether (sulfide) groups is 1. The summed E-state index contributed by atoms with van der Waals surface area (Å²) in [6, 6.07) is 3.55. The van der Waals surface area contributed by atoms with E-state index in [-0.39, 0.29) is 5.92 Å². The first-order chi connectivity index (χ1) is 9.01. The molecule has 2 aromatic rings. The number of rotatable bonds is 3. The van der Waals surface area contributed by atoms with Crippen LogP contribution in [0.5, 0.6) is 0 Å².